The van der Waals surface area contributed by atoms with Gasteiger partial charge in [0.15, 0.2) is 0 Å². The first-order valence-electron chi connectivity index (χ1n) is 11.3. The molecule has 4 nitrogen and oxygen atoms in total. The SMILES string of the molecule is CCCCN[C@@H]1CCC[C@H](C[C@](N)(CCC2CCCCC2)C(=O)NC)C1. The van der Waals surface area contributed by atoms with Crippen molar-refractivity contribution >= 4 is 5.91 Å². The highest BCUT2D eigenvalue weighted by atomic mass is 16.2. The van der Waals surface area contributed by atoms with Crippen LogP contribution >= 0.6 is 0 Å². The Hall–Kier alpha value is -0.610. The molecule has 0 aromatic rings. The number of amides is 1. The highest BCUT2D eigenvalue weighted by Gasteiger charge is 2.37. The number of nitrogens with two attached hydrogens (primary N) is 1. The van der Waals surface area contributed by atoms with Crippen LogP contribution in [0, 0.1) is 11.8 Å². The second-order valence-corrected chi connectivity index (χ2v) is 9.02. The van der Waals surface area contributed by atoms with Crippen LogP contribution in [0.5, 0.6) is 0 Å². The van der Waals surface area contributed by atoms with Crippen molar-refractivity contribution in [3.8, 4) is 0 Å². The molecule has 1 amide bonds. The van der Waals surface area contributed by atoms with E-state index in [4.69, 9.17) is 5.73 Å². The number of likely N-dealkylation sites (N-methyl/N-ethyl adjacent to an activating group) is 1. The number of rotatable bonds is 10. The van der Waals surface area contributed by atoms with Gasteiger partial charge in [0.25, 0.3) is 0 Å². The van der Waals surface area contributed by atoms with Crippen LogP contribution in [-0.4, -0.2) is 31.1 Å². The molecule has 0 heterocycles. The first-order chi connectivity index (χ1) is 12.6. The van der Waals surface area contributed by atoms with E-state index in [2.05, 4.69) is 17.6 Å². The molecule has 0 radical (unpaired) electrons. The normalized spacial score (nSPS) is 27.0. The third-order valence-corrected chi connectivity index (χ3v) is 6.80. The van der Waals surface area contributed by atoms with E-state index in [9.17, 15) is 4.79 Å². The maximum Gasteiger partial charge on any atom is 0.239 e. The van der Waals surface area contributed by atoms with Gasteiger partial charge in [-0.15, -0.1) is 0 Å². The minimum Gasteiger partial charge on any atom is -0.358 e. The zero-order valence-corrected chi connectivity index (χ0v) is 17.3. The van der Waals surface area contributed by atoms with Crippen LogP contribution in [0.1, 0.15) is 96.8 Å². The molecule has 0 aromatic carbocycles. The van der Waals surface area contributed by atoms with Crippen LogP contribution in [0.2, 0.25) is 0 Å². The summed E-state index contributed by atoms with van der Waals surface area (Å²) in [6.45, 7) is 3.36. The van der Waals surface area contributed by atoms with Crippen LogP contribution in [0.25, 0.3) is 0 Å². The summed E-state index contributed by atoms with van der Waals surface area (Å²) in [5.41, 5.74) is 6.06. The lowest BCUT2D eigenvalue weighted by molar-refractivity contribution is -0.127. The predicted molar refractivity (Wildman–Crippen MR) is 110 cm³/mol. The van der Waals surface area contributed by atoms with Crippen molar-refractivity contribution in [2.24, 2.45) is 17.6 Å². The lowest BCUT2D eigenvalue weighted by Gasteiger charge is -2.37. The van der Waals surface area contributed by atoms with Crippen molar-refractivity contribution in [2.45, 2.75) is 108 Å². The quantitative estimate of drug-likeness (QED) is 0.510. The lowest BCUT2D eigenvalue weighted by atomic mass is 9.74. The zero-order valence-electron chi connectivity index (χ0n) is 17.3. The average Bonchev–Trinajstić information content (AvgIpc) is 2.67. The third-order valence-electron chi connectivity index (χ3n) is 6.80. The molecular weight excluding hydrogens is 322 g/mol. The fourth-order valence-electron chi connectivity index (χ4n) is 5.15. The number of hydrogen-bond acceptors (Lipinski definition) is 3. The Balaban J connectivity index is 1.87. The van der Waals surface area contributed by atoms with Crippen LogP contribution in [0.4, 0.5) is 0 Å². The Labute approximate surface area is 161 Å². The molecule has 0 unspecified atom stereocenters. The molecule has 26 heavy (non-hydrogen) atoms. The van der Waals surface area contributed by atoms with E-state index >= 15 is 0 Å². The summed E-state index contributed by atoms with van der Waals surface area (Å²) in [6.07, 6.45) is 17.0. The van der Waals surface area contributed by atoms with Gasteiger partial charge < -0.3 is 16.4 Å². The largest absolute Gasteiger partial charge is 0.358 e. The minimum atomic E-state index is -0.678. The van der Waals surface area contributed by atoms with Crippen molar-refractivity contribution in [1.29, 1.82) is 0 Å². The molecule has 4 N–H and O–H groups in total. The second-order valence-electron chi connectivity index (χ2n) is 9.02. The van der Waals surface area contributed by atoms with Crippen LogP contribution < -0.4 is 16.4 Å². The van der Waals surface area contributed by atoms with Gasteiger partial charge >= 0.3 is 0 Å². The van der Waals surface area contributed by atoms with E-state index in [1.54, 1.807) is 7.05 Å². The van der Waals surface area contributed by atoms with E-state index in [0.29, 0.717) is 12.0 Å². The highest BCUT2D eigenvalue weighted by Crippen LogP contribution is 2.35. The fourth-order valence-corrected chi connectivity index (χ4v) is 5.15. The number of nitrogens with one attached hydrogen (secondary N) is 2. The summed E-state index contributed by atoms with van der Waals surface area (Å²) in [6, 6.07) is 0.618. The topological polar surface area (TPSA) is 67.1 Å². The molecule has 2 saturated carbocycles. The van der Waals surface area contributed by atoms with Crippen molar-refractivity contribution in [3.63, 3.8) is 0 Å². The number of hydrogen-bond donors (Lipinski definition) is 3. The molecule has 2 rings (SSSR count). The third kappa shape index (κ3) is 6.84. The first-order valence-corrected chi connectivity index (χ1v) is 11.3. The van der Waals surface area contributed by atoms with Crippen molar-refractivity contribution in [3.05, 3.63) is 0 Å². The summed E-state index contributed by atoms with van der Waals surface area (Å²) < 4.78 is 0. The van der Waals surface area contributed by atoms with Gasteiger partial charge in [-0.1, -0.05) is 58.3 Å². The van der Waals surface area contributed by atoms with E-state index in [0.717, 1.165) is 31.7 Å². The molecule has 0 saturated heterocycles. The van der Waals surface area contributed by atoms with Gasteiger partial charge in [0, 0.05) is 13.1 Å². The Morgan fingerprint density at radius 1 is 1.08 bits per heavy atom. The molecule has 0 bridgehead atoms. The van der Waals surface area contributed by atoms with Gasteiger partial charge in [-0.2, -0.15) is 0 Å². The second kappa shape index (κ2) is 11.3. The standard InChI is InChI=1S/C22H43N3O/c1-3-4-15-25-20-12-8-11-19(16-20)17-22(23,21(26)24-2)14-13-18-9-6-5-7-10-18/h18-20,25H,3-17,23H2,1-2H3,(H,24,26)/t19-,20+,22+/m0/s1. The van der Waals surface area contributed by atoms with Crippen molar-refractivity contribution in [1.82, 2.24) is 10.6 Å². The van der Waals surface area contributed by atoms with E-state index in [1.807, 2.05) is 0 Å². The number of unbranched alkanes of at least 4 members (excludes halogenated alkanes) is 1. The molecule has 4 heteroatoms. The lowest BCUT2D eigenvalue weighted by Crippen LogP contribution is -2.55. The molecule has 2 aliphatic carbocycles. The Bertz CT molecular complexity index is 408. The minimum absolute atomic E-state index is 0.0503. The zero-order chi connectivity index (χ0) is 18.8. The van der Waals surface area contributed by atoms with Crippen LogP contribution in [0.15, 0.2) is 0 Å². The molecule has 0 spiro atoms. The maximum atomic E-state index is 12.6. The van der Waals surface area contributed by atoms with Gasteiger partial charge in [-0.25, -0.2) is 0 Å². The first kappa shape index (κ1) is 21.7. The summed E-state index contributed by atoms with van der Waals surface area (Å²) in [4.78, 5) is 12.6. The van der Waals surface area contributed by atoms with Gasteiger partial charge in [0.2, 0.25) is 5.91 Å². The summed E-state index contributed by atoms with van der Waals surface area (Å²) >= 11 is 0. The summed E-state index contributed by atoms with van der Waals surface area (Å²) in [5, 5.41) is 6.58. The fraction of sp³-hybridized carbons (Fsp3) is 0.955. The molecule has 0 aromatic heterocycles. The van der Waals surface area contributed by atoms with Crippen LogP contribution in [-0.2, 0) is 4.79 Å². The molecule has 0 aliphatic heterocycles. The molecule has 2 fully saturated rings. The molecule has 2 aliphatic rings. The monoisotopic (exact) mass is 365 g/mol. The van der Waals surface area contributed by atoms with E-state index < -0.39 is 5.54 Å². The van der Waals surface area contributed by atoms with Gasteiger partial charge in [0.1, 0.15) is 0 Å². The molecule has 152 valence electrons. The summed E-state index contributed by atoms with van der Waals surface area (Å²) in [7, 11) is 1.74. The van der Waals surface area contributed by atoms with Crippen molar-refractivity contribution in [2.75, 3.05) is 13.6 Å². The maximum absolute atomic E-state index is 12.6. The van der Waals surface area contributed by atoms with Gasteiger partial charge in [0.05, 0.1) is 5.54 Å². The Kier molecular flexibility index (Phi) is 9.41. The van der Waals surface area contributed by atoms with Crippen molar-refractivity contribution < 1.29 is 4.79 Å². The number of carbonyl (C=O) groups excluding carboxylic acids is 1. The molecule has 3 atom stereocenters. The van der Waals surface area contributed by atoms with Gasteiger partial charge in [-0.3, -0.25) is 4.79 Å². The number of carbonyl (C=O) groups is 1. The smallest absolute Gasteiger partial charge is 0.239 e. The van der Waals surface area contributed by atoms with Crippen LogP contribution in [0.3, 0.4) is 0 Å². The Morgan fingerprint density at radius 3 is 2.50 bits per heavy atom. The molecular formula is C22H43N3O. The van der Waals surface area contributed by atoms with Gasteiger partial charge in [-0.05, 0) is 56.9 Å². The Morgan fingerprint density at radius 2 is 1.81 bits per heavy atom. The highest BCUT2D eigenvalue weighted by molar-refractivity contribution is 5.85. The summed E-state index contributed by atoms with van der Waals surface area (Å²) in [5.74, 6) is 1.41. The van der Waals surface area contributed by atoms with E-state index in [1.165, 1.54) is 70.6 Å². The average molecular weight is 366 g/mol. The predicted octanol–water partition coefficient (Wildman–Crippen LogP) is 4.13. The van der Waals surface area contributed by atoms with E-state index in [-0.39, 0.29) is 5.91 Å².